The maximum absolute atomic E-state index is 12.9. The number of halogens is 1. The molecule has 0 saturated carbocycles. The molecule has 10 heteroatoms. The Kier molecular flexibility index (Phi) is 5.20. The standard InChI is InChI=1S/C22H20FN7O2/c1-14(23)2-4-16-12-29(13-26-16)22-25-11-18-21(28-22)30(17-6-8-32-9-7-17)20(27-18)15-3-5-19(31)24-10-15/h2-5,10-13,17H,1,6-9H2,(H,24,31)/b4-2-. The molecule has 9 nitrogen and oxygen atoms in total. The number of aromatic amines is 1. The van der Waals surface area contributed by atoms with E-state index < -0.39 is 5.83 Å². The summed E-state index contributed by atoms with van der Waals surface area (Å²) in [5.74, 6) is 0.586. The summed E-state index contributed by atoms with van der Waals surface area (Å²) >= 11 is 0. The maximum Gasteiger partial charge on any atom is 0.247 e. The first-order valence-corrected chi connectivity index (χ1v) is 10.2. The highest BCUT2D eigenvalue weighted by atomic mass is 19.1. The highest BCUT2D eigenvalue weighted by Crippen LogP contribution is 2.31. The van der Waals surface area contributed by atoms with Gasteiger partial charge < -0.3 is 14.3 Å². The van der Waals surface area contributed by atoms with Crippen molar-refractivity contribution in [1.82, 2.24) is 34.1 Å². The first-order valence-electron chi connectivity index (χ1n) is 10.2. The number of nitrogens with one attached hydrogen (secondary N) is 1. The predicted molar refractivity (Wildman–Crippen MR) is 117 cm³/mol. The van der Waals surface area contributed by atoms with Gasteiger partial charge in [0.1, 0.15) is 23.5 Å². The zero-order valence-electron chi connectivity index (χ0n) is 17.1. The summed E-state index contributed by atoms with van der Waals surface area (Å²) in [5.41, 5.74) is 2.50. The minimum absolute atomic E-state index is 0.148. The lowest BCUT2D eigenvalue weighted by Gasteiger charge is -2.25. The van der Waals surface area contributed by atoms with Gasteiger partial charge >= 0.3 is 0 Å². The van der Waals surface area contributed by atoms with E-state index in [2.05, 4.69) is 26.1 Å². The number of fused-ring (bicyclic) bond motifs is 1. The van der Waals surface area contributed by atoms with Crippen LogP contribution in [0.25, 0.3) is 34.6 Å². The number of rotatable bonds is 5. The fraction of sp³-hybridized carbons (Fsp3) is 0.227. The zero-order valence-corrected chi connectivity index (χ0v) is 17.1. The van der Waals surface area contributed by atoms with E-state index in [9.17, 15) is 9.18 Å². The number of ether oxygens (including phenoxy) is 1. The lowest BCUT2D eigenvalue weighted by atomic mass is 10.1. The monoisotopic (exact) mass is 433 g/mol. The van der Waals surface area contributed by atoms with Gasteiger partial charge in [0.2, 0.25) is 11.5 Å². The molecule has 0 spiro atoms. The van der Waals surface area contributed by atoms with Crippen LogP contribution in [0.2, 0.25) is 0 Å². The number of imidazole rings is 2. The second-order valence-corrected chi connectivity index (χ2v) is 7.46. The molecule has 0 aliphatic carbocycles. The van der Waals surface area contributed by atoms with Crippen molar-refractivity contribution in [3.63, 3.8) is 0 Å². The van der Waals surface area contributed by atoms with Gasteiger partial charge in [-0.1, -0.05) is 6.58 Å². The Balaban J connectivity index is 1.62. The fourth-order valence-electron chi connectivity index (χ4n) is 3.76. The smallest absolute Gasteiger partial charge is 0.247 e. The molecule has 0 atom stereocenters. The van der Waals surface area contributed by atoms with E-state index in [1.54, 1.807) is 35.6 Å². The second-order valence-electron chi connectivity index (χ2n) is 7.46. The van der Waals surface area contributed by atoms with Crippen LogP contribution in [-0.4, -0.2) is 47.3 Å². The minimum atomic E-state index is -0.549. The maximum atomic E-state index is 12.9. The quantitative estimate of drug-likeness (QED) is 0.485. The van der Waals surface area contributed by atoms with Crippen molar-refractivity contribution in [3.8, 4) is 17.3 Å². The third-order valence-electron chi connectivity index (χ3n) is 5.29. The first kappa shape index (κ1) is 20.0. The molecule has 0 radical (unpaired) electrons. The third kappa shape index (κ3) is 3.87. The first-order chi connectivity index (χ1) is 15.6. The molecule has 4 aromatic heterocycles. The van der Waals surface area contributed by atoms with Crippen molar-refractivity contribution in [2.75, 3.05) is 13.2 Å². The van der Waals surface area contributed by atoms with Gasteiger partial charge in [-0.15, -0.1) is 0 Å². The second kappa shape index (κ2) is 8.31. The number of nitrogens with zero attached hydrogens (tertiary/aromatic N) is 6. The predicted octanol–water partition coefficient (Wildman–Crippen LogP) is 3.22. The van der Waals surface area contributed by atoms with Crippen LogP contribution in [0, 0.1) is 0 Å². The van der Waals surface area contributed by atoms with Crippen LogP contribution < -0.4 is 5.56 Å². The van der Waals surface area contributed by atoms with Crippen molar-refractivity contribution < 1.29 is 9.13 Å². The molecule has 1 saturated heterocycles. The number of aromatic nitrogens is 7. The summed E-state index contributed by atoms with van der Waals surface area (Å²) < 4.78 is 22.2. The molecular weight excluding hydrogens is 413 g/mol. The molecule has 0 unspecified atom stereocenters. The zero-order chi connectivity index (χ0) is 22.1. The van der Waals surface area contributed by atoms with Gasteiger partial charge in [0.25, 0.3) is 0 Å². The van der Waals surface area contributed by atoms with E-state index in [0.29, 0.717) is 41.8 Å². The SMILES string of the molecule is C=C(F)/C=C\c1cn(-c2ncc3nc(-c4ccc(=O)[nH]c4)n(C4CCOCC4)c3n2)cn1. The summed E-state index contributed by atoms with van der Waals surface area (Å²) in [6, 6.07) is 3.37. The van der Waals surface area contributed by atoms with Crippen LogP contribution in [0.5, 0.6) is 0 Å². The van der Waals surface area contributed by atoms with Crippen molar-refractivity contribution >= 4 is 17.2 Å². The molecule has 1 aliphatic rings. The van der Waals surface area contributed by atoms with Crippen molar-refractivity contribution in [2.24, 2.45) is 0 Å². The van der Waals surface area contributed by atoms with E-state index in [1.165, 1.54) is 18.2 Å². The Bertz CT molecular complexity index is 1360. The normalized spacial score (nSPS) is 15.0. The van der Waals surface area contributed by atoms with E-state index in [1.807, 2.05) is 0 Å². The summed E-state index contributed by atoms with van der Waals surface area (Å²) in [5, 5.41) is 0. The lowest BCUT2D eigenvalue weighted by molar-refractivity contribution is 0.0708. The molecule has 0 bridgehead atoms. The highest BCUT2D eigenvalue weighted by Gasteiger charge is 2.24. The molecule has 32 heavy (non-hydrogen) atoms. The van der Waals surface area contributed by atoms with Crippen molar-refractivity contribution in [1.29, 1.82) is 0 Å². The third-order valence-corrected chi connectivity index (χ3v) is 5.29. The number of allylic oxidation sites excluding steroid dienone is 2. The minimum Gasteiger partial charge on any atom is -0.381 e. The fourth-order valence-corrected chi connectivity index (χ4v) is 3.76. The Hall–Kier alpha value is -3.92. The molecule has 4 aromatic rings. The van der Waals surface area contributed by atoms with E-state index in [4.69, 9.17) is 14.7 Å². The summed E-state index contributed by atoms with van der Waals surface area (Å²) in [7, 11) is 0. The van der Waals surface area contributed by atoms with Gasteiger partial charge in [0, 0.05) is 43.3 Å². The van der Waals surface area contributed by atoms with Crippen LogP contribution in [0.4, 0.5) is 4.39 Å². The molecule has 1 fully saturated rings. The topological polar surface area (TPSA) is 104 Å². The Labute approximate surface area is 182 Å². The van der Waals surface area contributed by atoms with Crippen LogP contribution >= 0.6 is 0 Å². The molecule has 162 valence electrons. The Morgan fingerprint density at radius 3 is 2.84 bits per heavy atom. The highest BCUT2D eigenvalue weighted by molar-refractivity contribution is 5.77. The van der Waals surface area contributed by atoms with Crippen LogP contribution in [0.15, 0.2) is 60.3 Å². The van der Waals surface area contributed by atoms with Gasteiger partial charge in [-0.3, -0.25) is 9.36 Å². The average Bonchev–Trinajstić information content (AvgIpc) is 3.43. The van der Waals surface area contributed by atoms with E-state index in [0.717, 1.165) is 18.4 Å². The van der Waals surface area contributed by atoms with E-state index in [-0.39, 0.29) is 11.6 Å². The number of pyridine rings is 1. The molecule has 0 amide bonds. The lowest BCUT2D eigenvalue weighted by Crippen LogP contribution is -2.21. The van der Waals surface area contributed by atoms with Crippen LogP contribution in [-0.2, 0) is 4.74 Å². The van der Waals surface area contributed by atoms with Gasteiger partial charge in [-0.2, -0.15) is 4.98 Å². The van der Waals surface area contributed by atoms with Gasteiger partial charge in [-0.25, -0.2) is 19.3 Å². The summed E-state index contributed by atoms with van der Waals surface area (Å²) in [6.07, 6.45) is 11.0. The average molecular weight is 433 g/mol. The number of hydrogen-bond donors (Lipinski definition) is 1. The number of hydrogen-bond acceptors (Lipinski definition) is 6. The number of H-pyrrole nitrogens is 1. The molecule has 1 N–H and O–H groups in total. The van der Waals surface area contributed by atoms with Gasteiger partial charge in [0.15, 0.2) is 5.65 Å². The van der Waals surface area contributed by atoms with Crippen LogP contribution in [0.1, 0.15) is 24.6 Å². The largest absolute Gasteiger partial charge is 0.381 e. The van der Waals surface area contributed by atoms with Gasteiger partial charge in [0.05, 0.1) is 11.9 Å². The Morgan fingerprint density at radius 2 is 2.09 bits per heavy atom. The van der Waals surface area contributed by atoms with Crippen molar-refractivity contribution in [3.05, 3.63) is 71.6 Å². The van der Waals surface area contributed by atoms with E-state index >= 15 is 0 Å². The molecule has 5 heterocycles. The van der Waals surface area contributed by atoms with Crippen molar-refractivity contribution in [2.45, 2.75) is 18.9 Å². The molecular formula is C22H20FN7O2. The van der Waals surface area contributed by atoms with Crippen LogP contribution in [0.3, 0.4) is 0 Å². The molecule has 0 aromatic carbocycles. The Morgan fingerprint density at radius 1 is 1.25 bits per heavy atom. The molecule has 5 rings (SSSR count). The molecule has 1 aliphatic heterocycles. The van der Waals surface area contributed by atoms with Gasteiger partial charge in [-0.05, 0) is 31.1 Å². The summed E-state index contributed by atoms with van der Waals surface area (Å²) in [4.78, 5) is 32.5. The summed E-state index contributed by atoms with van der Waals surface area (Å²) in [6.45, 7) is 4.52.